The molecule has 0 saturated heterocycles. The summed E-state index contributed by atoms with van der Waals surface area (Å²) in [5.74, 6) is 0. The summed E-state index contributed by atoms with van der Waals surface area (Å²) in [6.45, 7) is 6.53. The first-order chi connectivity index (χ1) is 9.60. The first-order valence-corrected chi connectivity index (χ1v) is 7.48. The summed E-state index contributed by atoms with van der Waals surface area (Å²) in [6, 6.07) is 15.5. The van der Waals surface area contributed by atoms with Crippen LogP contribution >= 0.6 is 0 Å². The average Bonchev–Trinajstić information content (AvgIpc) is 2.45. The summed E-state index contributed by atoms with van der Waals surface area (Å²) in [7, 11) is 0. The van der Waals surface area contributed by atoms with Crippen molar-refractivity contribution < 1.29 is 0 Å². The molecule has 2 aromatic rings. The highest BCUT2D eigenvalue weighted by Crippen LogP contribution is 2.16. The van der Waals surface area contributed by atoms with Crippen molar-refractivity contribution in [2.45, 2.75) is 46.1 Å². The summed E-state index contributed by atoms with van der Waals surface area (Å²) < 4.78 is 0. The molecule has 1 nitrogen and oxygen atoms in total. The minimum atomic E-state index is 0.183. The molecule has 0 aliphatic heterocycles. The molecule has 0 saturated carbocycles. The predicted octanol–water partition coefficient (Wildman–Crippen LogP) is 3.98. The van der Waals surface area contributed by atoms with Gasteiger partial charge in [-0.15, -0.1) is 0 Å². The minimum absolute atomic E-state index is 0.183. The van der Waals surface area contributed by atoms with Crippen molar-refractivity contribution in [3.8, 4) is 0 Å². The van der Waals surface area contributed by atoms with Crippen molar-refractivity contribution in [2.24, 2.45) is 5.73 Å². The van der Waals surface area contributed by atoms with Crippen LogP contribution < -0.4 is 5.73 Å². The van der Waals surface area contributed by atoms with Gasteiger partial charge in [-0.2, -0.15) is 0 Å². The van der Waals surface area contributed by atoms with Crippen LogP contribution in [-0.2, 0) is 19.3 Å². The fraction of sp³-hybridized carbons (Fsp3) is 0.368. The van der Waals surface area contributed by atoms with E-state index in [9.17, 15) is 0 Å². The van der Waals surface area contributed by atoms with Crippen molar-refractivity contribution in [2.75, 3.05) is 0 Å². The molecule has 0 aliphatic rings. The maximum atomic E-state index is 6.33. The fourth-order valence-electron chi connectivity index (χ4n) is 2.60. The molecule has 0 amide bonds. The molecule has 0 spiro atoms. The van der Waals surface area contributed by atoms with Gasteiger partial charge in [-0.3, -0.25) is 0 Å². The lowest BCUT2D eigenvalue weighted by Crippen LogP contribution is -2.26. The highest BCUT2D eigenvalue weighted by Gasteiger charge is 2.08. The normalized spacial score (nSPS) is 12.4. The van der Waals surface area contributed by atoms with Crippen molar-refractivity contribution in [1.29, 1.82) is 0 Å². The molecule has 0 heterocycles. The molecule has 2 rings (SSSR count). The first kappa shape index (κ1) is 14.8. The zero-order chi connectivity index (χ0) is 14.5. The van der Waals surface area contributed by atoms with Gasteiger partial charge < -0.3 is 5.73 Å². The van der Waals surface area contributed by atoms with Crippen LogP contribution in [0.1, 0.15) is 34.7 Å². The Kier molecular flexibility index (Phi) is 4.97. The summed E-state index contributed by atoms with van der Waals surface area (Å²) in [6.07, 6.45) is 2.98. The standard InChI is InChI=1S/C19H25N/c1-4-16-8-10-17(11-9-16)12-19(20)13-18-7-5-6-14(2)15(18)3/h5-11,19H,4,12-13,20H2,1-3H3. The average molecular weight is 267 g/mol. The maximum absolute atomic E-state index is 6.33. The van der Waals surface area contributed by atoms with Gasteiger partial charge in [-0.25, -0.2) is 0 Å². The topological polar surface area (TPSA) is 26.0 Å². The molecule has 2 aromatic carbocycles. The van der Waals surface area contributed by atoms with Crippen LogP contribution in [0.25, 0.3) is 0 Å². The number of hydrogen-bond donors (Lipinski definition) is 1. The second-order valence-electron chi connectivity index (χ2n) is 5.70. The van der Waals surface area contributed by atoms with Crippen molar-refractivity contribution in [3.63, 3.8) is 0 Å². The summed E-state index contributed by atoms with van der Waals surface area (Å²) >= 11 is 0. The Bertz CT molecular complexity index is 554. The van der Waals surface area contributed by atoms with E-state index in [1.54, 1.807) is 0 Å². The van der Waals surface area contributed by atoms with Gasteiger partial charge in [0.1, 0.15) is 0 Å². The monoisotopic (exact) mass is 267 g/mol. The van der Waals surface area contributed by atoms with Gasteiger partial charge >= 0.3 is 0 Å². The van der Waals surface area contributed by atoms with E-state index in [2.05, 4.69) is 63.2 Å². The van der Waals surface area contributed by atoms with E-state index < -0.39 is 0 Å². The van der Waals surface area contributed by atoms with Gasteiger partial charge in [0.05, 0.1) is 0 Å². The molecule has 0 aromatic heterocycles. The molecular weight excluding hydrogens is 242 g/mol. The summed E-state index contributed by atoms with van der Waals surface area (Å²) in [5, 5.41) is 0. The van der Waals surface area contributed by atoms with Crippen molar-refractivity contribution in [1.82, 2.24) is 0 Å². The van der Waals surface area contributed by atoms with Crippen LogP contribution in [0.5, 0.6) is 0 Å². The second kappa shape index (κ2) is 6.71. The molecule has 20 heavy (non-hydrogen) atoms. The van der Waals surface area contributed by atoms with E-state index in [1.165, 1.54) is 27.8 Å². The van der Waals surface area contributed by atoms with Gasteiger partial charge in [-0.1, -0.05) is 49.4 Å². The van der Waals surface area contributed by atoms with Gasteiger partial charge in [0.25, 0.3) is 0 Å². The van der Waals surface area contributed by atoms with E-state index in [0.29, 0.717) is 0 Å². The number of benzene rings is 2. The molecule has 0 fully saturated rings. The van der Waals surface area contributed by atoms with Crippen LogP contribution in [0, 0.1) is 13.8 Å². The smallest absolute Gasteiger partial charge is 0.0120 e. The molecular formula is C19H25N. The molecule has 1 atom stereocenters. The number of nitrogens with two attached hydrogens (primary N) is 1. The third-order valence-corrected chi connectivity index (χ3v) is 4.13. The Hall–Kier alpha value is -1.60. The lowest BCUT2D eigenvalue weighted by atomic mass is 9.94. The third-order valence-electron chi connectivity index (χ3n) is 4.13. The predicted molar refractivity (Wildman–Crippen MR) is 87.1 cm³/mol. The van der Waals surface area contributed by atoms with E-state index in [1.807, 2.05) is 0 Å². The van der Waals surface area contributed by atoms with Gasteiger partial charge in [0.2, 0.25) is 0 Å². The Morgan fingerprint density at radius 3 is 2.20 bits per heavy atom. The Labute approximate surface area is 122 Å². The van der Waals surface area contributed by atoms with E-state index in [4.69, 9.17) is 5.73 Å². The quantitative estimate of drug-likeness (QED) is 0.871. The third kappa shape index (κ3) is 3.71. The number of rotatable bonds is 5. The minimum Gasteiger partial charge on any atom is -0.327 e. The largest absolute Gasteiger partial charge is 0.327 e. The highest BCUT2D eigenvalue weighted by molar-refractivity contribution is 5.34. The van der Waals surface area contributed by atoms with Crippen LogP contribution in [0.15, 0.2) is 42.5 Å². The lowest BCUT2D eigenvalue weighted by molar-refractivity contribution is 0.662. The molecule has 2 N–H and O–H groups in total. The molecule has 1 unspecified atom stereocenters. The van der Waals surface area contributed by atoms with Gasteiger partial charge in [-0.05, 0) is 60.9 Å². The van der Waals surface area contributed by atoms with Crippen LogP contribution in [0.2, 0.25) is 0 Å². The summed E-state index contributed by atoms with van der Waals surface area (Å²) in [4.78, 5) is 0. The fourth-order valence-corrected chi connectivity index (χ4v) is 2.60. The zero-order valence-corrected chi connectivity index (χ0v) is 12.8. The Morgan fingerprint density at radius 1 is 0.900 bits per heavy atom. The Morgan fingerprint density at radius 2 is 1.55 bits per heavy atom. The van der Waals surface area contributed by atoms with E-state index in [-0.39, 0.29) is 6.04 Å². The van der Waals surface area contributed by atoms with E-state index in [0.717, 1.165) is 19.3 Å². The zero-order valence-electron chi connectivity index (χ0n) is 12.8. The number of aryl methyl sites for hydroxylation is 2. The molecule has 106 valence electrons. The number of hydrogen-bond acceptors (Lipinski definition) is 1. The maximum Gasteiger partial charge on any atom is 0.0120 e. The SMILES string of the molecule is CCc1ccc(CC(N)Cc2cccc(C)c2C)cc1. The van der Waals surface area contributed by atoms with Crippen LogP contribution in [0.4, 0.5) is 0 Å². The van der Waals surface area contributed by atoms with E-state index >= 15 is 0 Å². The molecule has 1 heteroatoms. The molecule has 0 aliphatic carbocycles. The molecule has 0 bridgehead atoms. The lowest BCUT2D eigenvalue weighted by Gasteiger charge is -2.15. The van der Waals surface area contributed by atoms with Crippen LogP contribution in [0.3, 0.4) is 0 Å². The summed E-state index contributed by atoms with van der Waals surface area (Å²) in [5.41, 5.74) is 13.2. The van der Waals surface area contributed by atoms with Crippen LogP contribution in [-0.4, -0.2) is 6.04 Å². The first-order valence-electron chi connectivity index (χ1n) is 7.48. The Balaban J connectivity index is 2.01. The van der Waals surface area contributed by atoms with Gasteiger partial charge in [0.15, 0.2) is 0 Å². The van der Waals surface area contributed by atoms with Crippen molar-refractivity contribution >= 4 is 0 Å². The van der Waals surface area contributed by atoms with Gasteiger partial charge in [0, 0.05) is 6.04 Å². The van der Waals surface area contributed by atoms with Crippen molar-refractivity contribution in [3.05, 3.63) is 70.3 Å². The molecule has 0 radical (unpaired) electrons. The second-order valence-corrected chi connectivity index (χ2v) is 5.70. The highest BCUT2D eigenvalue weighted by atomic mass is 14.6.